The summed E-state index contributed by atoms with van der Waals surface area (Å²) in [6.07, 6.45) is 0. The second-order valence-corrected chi connectivity index (χ2v) is 6.06. The van der Waals surface area contributed by atoms with Crippen molar-refractivity contribution in [2.24, 2.45) is 0 Å². The molecule has 0 fully saturated rings. The van der Waals surface area contributed by atoms with Gasteiger partial charge < -0.3 is 9.47 Å². The van der Waals surface area contributed by atoms with Gasteiger partial charge in [0.15, 0.2) is 11.5 Å². The van der Waals surface area contributed by atoms with Crippen LogP contribution < -0.4 is 14.2 Å². The smallest absolute Gasteiger partial charge is 0.265 e. The maximum absolute atomic E-state index is 12.4. The monoisotopic (exact) mass is 295 g/mol. The maximum Gasteiger partial charge on any atom is 0.265 e. The molecular weight excluding hydrogens is 282 g/mol. The Balaban J connectivity index is 1.94. The fraction of sp³-hybridized carbons (Fsp3) is 0.250. The molecule has 1 aliphatic heterocycles. The summed E-state index contributed by atoms with van der Waals surface area (Å²) >= 11 is 0. The number of fused-ring (bicyclic) bond motifs is 1. The molecular formula is C12H13N3O4S. The van der Waals surface area contributed by atoms with Crippen molar-refractivity contribution in [2.75, 3.05) is 11.5 Å². The molecule has 1 aromatic carbocycles. The predicted molar refractivity (Wildman–Crippen MR) is 71.4 cm³/mol. The standard InChI is InChI=1S/C12H13N3O4S/c1-7-12(8(2)14-13-7)20(16,17)15-9-3-4-10-11(5-9)19-6-18-10/h3-5,15H,6H2,1-2H3,(H,13,14). The number of H-pyrrole nitrogens is 1. The van der Waals surface area contributed by atoms with E-state index in [1.165, 1.54) is 0 Å². The number of aromatic nitrogens is 2. The summed E-state index contributed by atoms with van der Waals surface area (Å²) in [5, 5.41) is 6.55. The average molecular weight is 295 g/mol. The third-order valence-electron chi connectivity index (χ3n) is 2.95. The summed E-state index contributed by atoms with van der Waals surface area (Å²) in [5.41, 5.74) is 1.33. The van der Waals surface area contributed by atoms with Gasteiger partial charge >= 0.3 is 0 Å². The van der Waals surface area contributed by atoms with Crippen molar-refractivity contribution in [2.45, 2.75) is 18.7 Å². The van der Waals surface area contributed by atoms with Gasteiger partial charge in [-0.2, -0.15) is 5.10 Å². The second kappa shape index (κ2) is 4.41. The quantitative estimate of drug-likeness (QED) is 0.896. The van der Waals surface area contributed by atoms with E-state index < -0.39 is 10.0 Å². The number of hydrogen-bond acceptors (Lipinski definition) is 5. The molecule has 1 aromatic heterocycles. The average Bonchev–Trinajstić information content (AvgIpc) is 2.95. The van der Waals surface area contributed by atoms with E-state index in [0.29, 0.717) is 28.6 Å². The van der Waals surface area contributed by atoms with Crippen LogP contribution in [0.3, 0.4) is 0 Å². The lowest BCUT2D eigenvalue weighted by atomic mass is 10.3. The third kappa shape index (κ3) is 2.07. The normalized spacial score (nSPS) is 13.5. The Labute approximate surface area is 116 Å². The van der Waals surface area contributed by atoms with Gasteiger partial charge in [-0.1, -0.05) is 0 Å². The van der Waals surface area contributed by atoms with E-state index in [4.69, 9.17) is 9.47 Å². The van der Waals surface area contributed by atoms with Crippen LogP contribution in [0.4, 0.5) is 5.69 Å². The molecule has 106 valence electrons. The zero-order chi connectivity index (χ0) is 14.3. The van der Waals surface area contributed by atoms with Crippen molar-refractivity contribution in [3.63, 3.8) is 0 Å². The molecule has 0 aliphatic carbocycles. The fourth-order valence-corrected chi connectivity index (χ4v) is 3.53. The van der Waals surface area contributed by atoms with Gasteiger partial charge in [0.1, 0.15) is 4.90 Å². The molecule has 2 N–H and O–H groups in total. The summed E-state index contributed by atoms with van der Waals surface area (Å²) in [4.78, 5) is 0.162. The zero-order valence-corrected chi connectivity index (χ0v) is 11.7. The molecule has 0 bridgehead atoms. The lowest BCUT2D eigenvalue weighted by molar-refractivity contribution is 0.174. The second-order valence-electron chi connectivity index (χ2n) is 4.44. The molecule has 1 aliphatic rings. The molecule has 7 nitrogen and oxygen atoms in total. The van der Waals surface area contributed by atoms with Crippen LogP contribution in [0, 0.1) is 13.8 Å². The minimum atomic E-state index is -3.69. The maximum atomic E-state index is 12.4. The lowest BCUT2D eigenvalue weighted by Crippen LogP contribution is -2.14. The van der Waals surface area contributed by atoms with Gasteiger partial charge in [-0.05, 0) is 26.0 Å². The van der Waals surface area contributed by atoms with Crippen LogP contribution >= 0.6 is 0 Å². The van der Waals surface area contributed by atoms with Gasteiger partial charge in [0.25, 0.3) is 10.0 Å². The number of rotatable bonds is 3. The van der Waals surface area contributed by atoms with E-state index in [9.17, 15) is 8.42 Å². The summed E-state index contributed by atoms with van der Waals surface area (Å²) in [7, 11) is -3.69. The van der Waals surface area contributed by atoms with E-state index in [0.717, 1.165) is 0 Å². The highest BCUT2D eigenvalue weighted by Gasteiger charge is 2.23. The number of aryl methyl sites for hydroxylation is 2. The van der Waals surface area contributed by atoms with E-state index in [1.807, 2.05) is 0 Å². The van der Waals surface area contributed by atoms with Crippen molar-refractivity contribution in [1.29, 1.82) is 0 Å². The Kier molecular flexibility index (Phi) is 2.82. The van der Waals surface area contributed by atoms with Crippen molar-refractivity contribution in [3.05, 3.63) is 29.6 Å². The molecule has 2 heterocycles. The van der Waals surface area contributed by atoms with Crippen LogP contribution in [0.2, 0.25) is 0 Å². The Hall–Kier alpha value is -2.22. The number of nitrogens with zero attached hydrogens (tertiary/aromatic N) is 1. The first-order valence-corrected chi connectivity index (χ1v) is 7.40. The largest absolute Gasteiger partial charge is 0.454 e. The molecule has 3 rings (SSSR count). The summed E-state index contributed by atoms with van der Waals surface area (Å²) in [6.45, 7) is 3.44. The number of anilines is 1. The summed E-state index contributed by atoms with van der Waals surface area (Å²) in [6, 6.07) is 4.87. The topological polar surface area (TPSA) is 93.3 Å². The third-order valence-corrected chi connectivity index (χ3v) is 4.60. The van der Waals surface area contributed by atoms with Gasteiger partial charge in [-0.3, -0.25) is 9.82 Å². The molecule has 0 atom stereocenters. The molecule has 0 unspecified atom stereocenters. The van der Waals surface area contributed by atoms with Gasteiger partial charge in [0.05, 0.1) is 17.1 Å². The SMILES string of the molecule is Cc1n[nH]c(C)c1S(=O)(=O)Nc1ccc2c(c1)OCO2. The highest BCUT2D eigenvalue weighted by Crippen LogP contribution is 2.35. The molecule has 0 spiro atoms. The van der Waals surface area contributed by atoms with Crippen molar-refractivity contribution in [1.82, 2.24) is 10.2 Å². The summed E-state index contributed by atoms with van der Waals surface area (Å²) < 4.78 is 37.6. The predicted octanol–water partition coefficient (Wildman–Crippen LogP) is 1.56. The lowest BCUT2D eigenvalue weighted by Gasteiger charge is -2.08. The first-order valence-electron chi connectivity index (χ1n) is 5.91. The molecule has 2 aromatic rings. The molecule has 8 heteroatoms. The van der Waals surface area contributed by atoms with Gasteiger partial charge in [-0.15, -0.1) is 0 Å². The van der Waals surface area contributed by atoms with Crippen LogP contribution in [-0.2, 0) is 10.0 Å². The molecule has 20 heavy (non-hydrogen) atoms. The fourth-order valence-electron chi connectivity index (χ4n) is 2.10. The van der Waals surface area contributed by atoms with Crippen LogP contribution in [0.25, 0.3) is 0 Å². The van der Waals surface area contributed by atoms with Crippen LogP contribution in [0.1, 0.15) is 11.4 Å². The zero-order valence-electron chi connectivity index (χ0n) is 10.9. The number of hydrogen-bond donors (Lipinski definition) is 2. The van der Waals surface area contributed by atoms with Crippen molar-refractivity contribution >= 4 is 15.7 Å². The number of benzene rings is 1. The number of sulfonamides is 1. The van der Waals surface area contributed by atoms with Crippen LogP contribution in [-0.4, -0.2) is 25.4 Å². The molecule has 0 saturated carbocycles. The molecule has 0 radical (unpaired) electrons. The number of aromatic amines is 1. The highest BCUT2D eigenvalue weighted by molar-refractivity contribution is 7.92. The Morgan fingerprint density at radius 1 is 1.25 bits per heavy atom. The van der Waals surface area contributed by atoms with Gasteiger partial charge in [0.2, 0.25) is 6.79 Å². The van der Waals surface area contributed by atoms with Crippen LogP contribution in [0.15, 0.2) is 23.1 Å². The first-order chi connectivity index (χ1) is 9.47. The summed E-state index contributed by atoms with van der Waals surface area (Å²) in [5.74, 6) is 1.12. The van der Waals surface area contributed by atoms with E-state index >= 15 is 0 Å². The Morgan fingerprint density at radius 3 is 2.70 bits per heavy atom. The number of nitrogens with one attached hydrogen (secondary N) is 2. The van der Waals surface area contributed by atoms with Crippen molar-refractivity contribution < 1.29 is 17.9 Å². The van der Waals surface area contributed by atoms with E-state index in [2.05, 4.69) is 14.9 Å². The number of ether oxygens (including phenoxy) is 2. The van der Waals surface area contributed by atoms with Crippen molar-refractivity contribution in [3.8, 4) is 11.5 Å². The molecule has 0 saturated heterocycles. The Morgan fingerprint density at radius 2 is 2.00 bits per heavy atom. The molecule has 0 amide bonds. The minimum absolute atomic E-state index is 0.144. The van der Waals surface area contributed by atoms with E-state index in [-0.39, 0.29) is 11.7 Å². The highest BCUT2D eigenvalue weighted by atomic mass is 32.2. The van der Waals surface area contributed by atoms with E-state index in [1.54, 1.807) is 32.0 Å². The van der Waals surface area contributed by atoms with Gasteiger partial charge in [-0.25, -0.2) is 8.42 Å². The minimum Gasteiger partial charge on any atom is -0.454 e. The van der Waals surface area contributed by atoms with Gasteiger partial charge in [0, 0.05) is 6.07 Å². The Bertz CT molecular complexity index is 748. The first kappa shape index (κ1) is 12.8. The van der Waals surface area contributed by atoms with Crippen LogP contribution in [0.5, 0.6) is 11.5 Å².